The number of anilines is 1. The number of phenols is 1. The maximum absolute atomic E-state index is 13.7. The van der Waals surface area contributed by atoms with Crippen molar-refractivity contribution in [2.75, 3.05) is 5.32 Å². The first-order chi connectivity index (χ1) is 16.9. The fraction of sp³-hybridized carbons (Fsp3) is 0.0741. The number of nitrogens with zero attached hydrogens (tertiary/aromatic N) is 2. The molecule has 0 saturated heterocycles. The Bertz CT molecular complexity index is 1640. The molecule has 2 N–H and O–H groups in total. The van der Waals surface area contributed by atoms with E-state index in [0.29, 0.717) is 37.4 Å². The standard InChI is InChI=1S/C27H20FN3O3S/c1-16-23(25(33)30-20-7-3-2-4-8-20)24(18-10-12-19(28)13-11-18)31-26(34)22(35-27(31)29-16)15-17-6-5-9-21(32)14-17/h2-15,24,32H,1H3,(H,30,33)/b22-15-/t24-/m0/s1. The van der Waals surface area contributed by atoms with Gasteiger partial charge in [-0.15, -0.1) is 0 Å². The molecule has 0 aliphatic carbocycles. The second-order valence-corrected chi connectivity index (χ2v) is 9.06. The molecule has 0 unspecified atom stereocenters. The fourth-order valence-electron chi connectivity index (χ4n) is 4.06. The summed E-state index contributed by atoms with van der Waals surface area (Å²) >= 11 is 1.19. The third-order valence-electron chi connectivity index (χ3n) is 5.65. The molecule has 8 heteroatoms. The number of carbonyl (C=O) groups is 1. The Balaban J connectivity index is 1.68. The van der Waals surface area contributed by atoms with Crippen molar-refractivity contribution in [2.24, 2.45) is 4.99 Å². The van der Waals surface area contributed by atoms with Crippen molar-refractivity contribution in [1.82, 2.24) is 4.57 Å². The Kier molecular flexibility index (Phi) is 5.88. The lowest BCUT2D eigenvalue weighted by atomic mass is 9.95. The molecule has 0 spiro atoms. The Morgan fingerprint density at radius 3 is 2.54 bits per heavy atom. The number of amides is 1. The molecular weight excluding hydrogens is 465 g/mol. The first kappa shape index (κ1) is 22.5. The maximum atomic E-state index is 13.7. The third-order valence-corrected chi connectivity index (χ3v) is 6.63. The second kappa shape index (κ2) is 9.15. The van der Waals surface area contributed by atoms with Crippen LogP contribution < -0.4 is 20.2 Å². The lowest BCUT2D eigenvalue weighted by Gasteiger charge is -2.25. The predicted octanol–water partition coefficient (Wildman–Crippen LogP) is 3.72. The zero-order chi connectivity index (χ0) is 24.5. The summed E-state index contributed by atoms with van der Waals surface area (Å²) in [6, 6.07) is 20.5. The summed E-state index contributed by atoms with van der Waals surface area (Å²) in [5, 5.41) is 12.7. The number of nitrogens with one attached hydrogen (secondary N) is 1. The Hall–Kier alpha value is -4.30. The number of para-hydroxylation sites is 1. The molecule has 174 valence electrons. The van der Waals surface area contributed by atoms with Gasteiger partial charge in [-0.3, -0.25) is 14.2 Å². The van der Waals surface area contributed by atoms with Gasteiger partial charge in [-0.25, -0.2) is 9.38 Å². The van der Waals surface area contributed by atoms with Crippen LogP contribution in [0, 0.1) is 5.82 Å². The highest BCUT2D eigenvalue weighted by molar-refractivity contribution is 7.07. The molecule has 2 heterocycles. The molecule has 0 saturated carbocycles. The number of aromatic hydroxyl groups is 1. The van der Waals surface area contributed by atoms with Gasteiger partial charge in [-0.1, -0.05) is 53.8 Å². The molecule has 0 fully saturated rings. The van der Waals surface area contributed by atoms with Gasteiger partial charge in [0.05, 0.1) is 21.8 Å². The number of phenolic OH excluding ortho intramolecular Hbond substituents is 1. The smallest absolute Gasteiger partial charge is 0.271 e. The molecule has 3 aromatic carbocycles. The van der Waals surface area contributed by atoms with E-state index in [0.717, 1.165) is 0 Å². The van der Waals surface area contributed by atoms with E-state index in [9.17, 15) is 19.1 Å². The molecule has 1 atom stereocenters. The largest absolute Gasteiger partial charge is 0.508 e. The highest BCUT2D eigenvalue weighted by atomic mass is 32.1. The number of rotatable bonds is 4. The lowest BCUT2D eigenvalue weighted by Crippen LogP contribution is -2.40. The number of hydrogen-bond donors (Lipinski definition) is 2. The predicted molar refractivity (Wildman–Crippen MR) is 133 cm³/mol. The highest BCUT2D eigenvalue weighted by Crippen LogP contribution is 2.31. The Morgan fingerprint density at radius 1 is 1.09 bits per heavy atom. The molecule has 1 aliphatic rings. The monoisotopic (exact) mass is 485 g/mol. The van der Waals surface area contributed by atoms with E-state index in [2.05, 4.69) is 10.3 Å². The zero-order valence-corrected chi connectivity index (χ0v) is 19.4. The molecular formula is C27H20FN3O3S. The van der Waals surface area contributed by atoms with Gasteiger partial charge in [0.1, 0.15) is 11.6 Å². The van der Waals surface area contributed by atoms with Crippen molar-refractivity contribution in [3.63, 3.8) is 0 Å². The van der Waals surface area contributed by atoms with Gasteiger partial charge in [0.25, 0.3) is 11.5 Å². The lowest BCUT2D eigenvalue weighted by molar-refractivity contribution is -0.113. The minimum Gasteiger partial charge on any atom is -0.508 e. The number of hydrogen-bond acceptors (Lipinski definition) is 5. The minimum atomic E-state index is -0.790. The van der Waals surface area contributed by atoms with Crippen LogP contribution in [0.2, 0.25) is 0 Å². The van der Waals surface area contributed by atoms with Gasteiger partial charge in [-0.05, 0) is 60.5 Å². The molecule has 6 nitrogen and oxygen atoms in total. The number of halogens is 1. The van der Waals surface area contributed by atoms with Crippen LogP contribution >= 0.6 is 11.3 Å². The number of allylic oxidation sites excluding steroid dienone is 1. The van der Waals surface area contributed by atoms with E-state index in [1.165, 1.54) is 28.0 Å². The number of benzene rings is 3. The SMILES string of the molecule is CC1=C(C(=O)Nc2ccccc2)[C@H](c2ccc(F)cc2)n2c(s/c(=C\c3cccc(O)c3)c2=O)=N1. The van der Waals surface area contributed by atoms with Crippen LogP contribution in [0.3, 0.4) is 0 Å². The van der Waals surface area contributed by atoms with E-state index in [1.807, 2.05) is 18.2 Å². The first-order valence-electron chi connectivity index (χ1n) is 10.8. The quantitative estimate of drug-likeness (QED) is 0.462. The number of fused-ring (bicyclic) bond motifs is 1. The molecule has 0 radical (unpaired) electrons. The van der Waals surface area contributed by atoms with Gasteiger partial charge in [-0.2, -0.15) is 0 Å². The van der Waals surface area contributed by atoms with Gasteiger partial charge in [0.15, 0.2) is 4.80 Å². The van der Waals surface area contributed by atoms with E-state index in [4.69, 9.17) is 0 Å². The summed E-state index contributed by atoms with van der Waals surface area (Å²) in [5.41, 5.74) is 2.30. The van der Waals surface area contributed by atoms with Crippen molar-refractivity contribution in [1.29, 1.82) is 0 Å². The average molecular weight is 486 g/mol. The van der Waals surface area contributed by atoms with E-state index in [1.54, 1.807) is 61.5 Å². The molecule has 5 rings (SSSR count). The van der Waals surface area contributed by atoms with Gasteiger partial charge >= 0.3 is 0 Å². The number of aromatic nitrogens is 1. The third kappa shape index (κ3) is 4.43. The summed E-state index contributed by atoms with van der Waals surface area (Å²) in [7, 11) is 0. The van der Waals surface area contributed by atoms with E-state index in [-0.39, 0.29) is 11.3 Å². The van der Waals surface area contributed by atoms with Crippen LogP contribution in [0.1, 0.15) is 24.1 Å². The van der Waals surface area contributed by atoms with Gasteiger partial charge < -0.3 is 10.4 Å². The van der Waals surface area contributed by atoms with Gasteiger partial charge in [0, 0.05) is 5.69 Å². The van der Waals surface area contributed by atoms with Crippen LogP contribution in [0.4, 0.5) is 10.1 Å². The summed E-state index contributed by atoms with van der Waals surface area (Å²) < 4.78 is 15.6. The summed E-state index contributed by atoms with van der Waals surface area (Å²) in [6.07, 6.45) is 1.67. The van der Waals surface area contributed by atoms with Crippen LogP contribution in [0.25, 0.3) is 6.08 Å². The van der Waals surface area contributed by atoms with Crippen molar-refractivity contribution in [3.8, 4) is 5.75 Å². The van der Waals surface area contributed by atoms with Crippen LogP contribution in [0.5, 0.6) is 5.75 Å². The maximum Gasteiger partial charge on any atom is 0.271 e. The summed E-state index contributed by atoms with van der Waals surface area (Å²) in [4.78, 5) is 32.0. The molecule has 4 aromatic rings. The fourth-order valence-corrected chi connectivity index (χ4v) is 5.10. The zero-order valence-electron chi connectivity index (χ0n) is 18.6. The summed E-state index contributed by atoms with van der Waals surface area (Å²) in [6.45, 7) is 1.72. The van der Waals surface area contributed by atoms with Crippen molar-refractivity contribution < 1.29 is 14.3 Å². The van der Waals surface area contributed by atoms with Crippen LogP contribution in [-0.2, 0) is 4.79 Å². The van der Waals surface area contributed by atoms with E-state index < -0.39 is 17.8 Å². The first-order valence-corrected chi connectivity index (χ1v) is 11.7. The van der Waals surface area contributed by atoms with Crippen LogP contribution in [-0.4, -0.2) is 15.6 Å². The van der Waals surface area contributed by atoms with Crippen molar-refractivity contribution >= 4 is 29.0 Å². The van der Waals surface area contributed by atoms with E-state index >= 15 is 0 Å². The molecule has 1 aromatic heterocycles. The molecule has 1 amide bonds. The summed E-state index contributed by atoms with van der Waals surface area (Å²) in [5.74, 6) is -0.721. The Morgan fingerprint density at radius 2 is 1.83 bits per heavy atom. The minimum absolute atomic E-state index is 0.0893. The molecule has 0 bridgehead atoms. The number of thiazole rings is 1. The molecule has 35 heavy (non-hydrogen) atoms. The highest BCUT2D eigenvalue weighted by Gasteiger charge is 2.32. The van der Waals surface area contributed by atoms with Gasteiger partial charge in [0.2, 0.25) is 0 Å². The van der Waals surface area contributed by atoms with Crippen LogP contribution in [0.15, 0.2) is 99.9 Å². The second-order valence-electron chi connectivity index (χ2n) is 8.05. The molecule has 1 aliphatic heterocycles. The Labute approximate surface area is 203 Å². The topological polar surface area (TPSA) is 83.7 Å². The normalized spacial score (nSPS) is 15.5. The average Bonchev–Trinajstić information content (AvgIpc) is 3.13. The number of carbonyl (C=O) groups excluding carboxylic acids is 1. The van der Waals surface area contributed by atoms with Crippen molar-refractivity contribution in [3.05, 3.63) is 127 Å². The van der Waals surface area contributed by atoms with Crippen molar-refractivity contribution in [2.45, 2.75) is 13.0 Å².